The van der Waals surface area contributed by atoms with Crippen molar-refractivity contribution in [3.63, 3.8) is 0 Å². The van der Waals surface area contributed by atoms with Crippen molar-refractivity contribution in [3.05, 3.63) is 286 Å². The number of rotatable bonds is 5. The van der Waals surface area contributed by atoms with Gasteiger partial charge in [0.1, 0.15) is 0 Å². The van der Waals surface area contributed by atoms with E-state index in [1.807, 2.05) is 11.8 Å². The molecular weight excluding hydrogens is 1050 g/mol. The minimum Gasteiger partial charge on any atom is -0.309 e. The Morgan fingerprint density at radius 1 is 0.311 bits per heavy atom. The fourth-order valence-corrected chi connectivity index (χ4v) is 14.8. The van der Waals surface area contributed by atoms with Crippen LogP contribution in [0.2, 0.25) is 0 Å². The van der Waals surface area contributed by atoms with Crippen LogP contribution in [0.5, 0.6) is 0 Å². The molecule has 0 saturated carbocycles. The molecule has 0 radical (unpaired) electrons. The highest BCUT2D eigenvalue weighted by atomic mass is 79.9. The number of hydrogen-bond donors (Lipinski definition) is 0. The van der Waals surface area contributed by atoms with E-state index >= 15 is 0 Å². The van der Waals surface area contributed by atoms with E-state index in [0.717, 1.165) is 37.1 Å². The molecule has 0 bridgehead atoms. The summed E-state index contributed by atoms with van der Waals surface area (Å²) in [7, 11) is 0. The molecule has 74 heavy (non-hydrogen) atoms. The van der Waals surface area contributed by atoms with Gasteiger partial charge in [-0.05, 0) is 138 Å². The van der Waals surface area contributed by atoms with Crippen molar-refractivity contribution in [2.75, 3.05) is 9.80 Å². The fourth-order valence-electron chi connectivity index (χ4n) is 12.6. The third-order valence-electron chi connectivity index (χ3n) is 15.6. The van der Waals surface area contributed by atoms with Gasteiger partial charge in [0.2, 0.25) is 0 Å². The van der Waals surface area contributed by atoms with E-state index in [-0.39, 0.29) is 0 Å². The van der Waals surface area contributed by atoms with E-state index in [4.69, 9.17) is 0 Å². The number of benzene rings is 12. The van der Waals surface area contributed by atoms with E-state index in [2.05, 4.69) is 296 Å². The highest BCUT2D eigenvalue weighted by molar-refractivity contribution is 9.11. The Labute approximate surface area is 451 Å². The molecule has 0 N–H and O–H groups in total. The second-order valence-corrected chi connectivity index (χ2v) is 22.1. The van der Waals surface area contributed by atoms with Gasteiger partial charge in [-0.3, -0.25) is 0 Å². The molecular formula is C69H42Br2N2S. The molecule has 0 aromatic heterocycles. The Morgan fingerprint density at radius 3 is 1.45 bits per heavy atom. The fraction of sp³-hybridized carbons (Fsp3) is 0.0145. The molecule has 15 rings (SSSR count). The zero-order valence-corrected chi connectivity index (χ0v) is 43.8. The molecule has 1 spiro atoms. The molecule has 0 atom stereocenters. The monoisotopic (exact) mass is 1090 g/mol. The Bertz CT molecular complexity index is 4140. The lowest BCUT2D eigenvalue weighted by Gasteiger charge is -2.45. The second-order valence-electron chi connectivity index (χ2n) is 19.3. The Kier molecular flexibility index (Phi) is 10.1. The molecule has 0 unspecified atom stereocenters. The van der Waals surface area contributed by atoms with Crippen molar-refractivity contribution in [1.82, 2.24) is 0 Å². The number of fused-ring (bicyclic) bond motifs is 13. The van der Waals surface area contributed by atoms with Gasteiger partial charge in [-0.15, -0.1) is 0 Å². The number of halogens is 2. The number of hydrogen-bond acceptors (Lipinski definition) is 3. The van der Waals surface area contributed by atoms with Gasteiger partial charge in [-0.2, -0.15) is 0 Å². The van der Waals surface area contributed by atoms with Crippen LogP contribution in [0.15, 0.2) is 274 Å². The van der Waals surface area contributed by atoms with E-state index in [9.17, 15) is 0 Å². The van der Waals surface area contributed by atoms with E-state index in [1.165, 1.54) is 104 Å². The van der Waals surface area contributed by atoms with Crippen molar-refractivity contribution < 1.29 is 0 Å². The van der Waals surface area contributed by atoms with Gasteiger partial charge in [0.25, 0.3) is 0 Å². The summed E-state index contributed by atoms with van der Waals surface area (Å²) in [6, 6.07) is 94.4. The van der Waals surface area contributed by atoms with Gasteiger partial charge in [-0.1, -0.05) is 238 Å². The van der Waals surface area contributed by atoms with Crippen molar-refractivity contribution in [2.45, 2.75) is 15.2 Å². The molecule has 0 amide bonds. The van der Waals surface area contributed by atoms with Crippen molar-refractivity contribution in [2.24, 2.45) is 0 Å². The van der Waals surface area contributed by atoms with Crippen molar-refractivity contribution in [3.8, 4) is 44.5 Å². The first-order valence-corrected chi connectivity index (χ1v) is 27.4. The molecule has 5 heteroatoms. The average Bonchev–Trinajstić information content (AvgIpc) is 3.78. The molecule has 12 aromatic carbocycles. The summed E-state index contributed by atoms with van der Waals surface area (Å²) in [5, 5.41) is 4.73. The Hall–Kier alpha value is -7.93. The van der Waals surface area contributed by atoms with Crippen LogP contribution in [0.3, 0.4) is 0 Å². The van der Waals surface area contributed by atoms with Crippen LogP contribution in [-0.4, -0.2) is 0 Å². The molecule has 2 heterocycles. The third kappa shape index (κ3) is 6.37. The summed E-state index contributed by atoms with van der Waals surface area (Å²) in [6.07, 6.45) is 0. The minimum atomic E-state index is -0.597. The predicted octanol–water partition coefficient (Wildman–Crippen LogP) is 20.6. The first-order chi connectivity index (χ1) is 36.6. The van der Waals surface area contributed by atoms with Crippen LogP contribution >= 0.6 is 43.6 Å². The minimum absolute atomic E-state index is 0.597. The van der Waals surface area contributed by atoms with Crippen molar-refractivity contribution >= 4 is 99.3 Å². The number of anilines is 6. The zero-order chi connectivity index (χ0) is 49.1. The smallest absolute Gasteiger partial charge is 0.0754 e. The van der Waals surface area contributed by atoms with Gasteiger partial charge in [0.15, 0.2) is 0 Å². The number of para-hydroxylation sites is 2. The lowest BCUT2D eigenvalue weighted by molar-refractivity contribution is 0.753. The van der Waals surface area contributed by atoms with Gasteiger partial charge in [-0.25, -0.2) is 0 Å². The molecule has 12 aromatic rings. The quantitative estimate of drug-likeness (QED) is 0.170. The molecule has 3 aliphatic rings. The lowest BCUT2D eigenvalue weighted by Crippen LogP contribution is -2.36. The highest BCUT2D eigenvalue weighted by Gasteiger charge is 2.52. The maximum absolute atomic E-state index is 4.17. The maximum atomic E-state index is 4.17. The SMILES string of the molecule is Brc1cccc2cccc(N3c4ccccc4C4(c5ccccc5-c5c(-c6ccc(N7c8ccc(-c9ccccc9)cc8Sc8cc(-c9ccccc9)ccc87)c7c(Br)cccc67)cccc54)c4ccccc43)c12. The lowest BCUT2D eigenvalue weighted by atomic mass is 9.64. The first-order valence-electron chi connectivity index (χ1n) is 25.0. The molecule has 2 nitrogen and oxygen atoms in total. The van der Waals surface area contributed by atoms with Crippen LogP contribution in [0.4, 0.5) is 34.1 Å². The standard InChI is InChI=1S/C69H42Br2N2S/c70-56-30-13-21-45-22-14-34-62(66(45)56)72-58-32-11-9-27-53(58)69(54-28-10-12-33-59(54)72)52-26-8-7-23-51(52)67-49(24-15-29-55(67)69)48-37-40-63(68-50(48)25-16-31-57(68)71)73-60-38-35-46(43-17-3-1-4-18-43)41-64(60)74-65-42-47(36-39-61(65)73)44-19-5-2-6-20-44/h1-42H. The summed E-state index contributed by atoms with van der Waals surface area (Å²) in [5.74, 6) is 0. The molecule has 1 aliphatic carbocycles. The largest absolute Gasteiger partial charge is 0.309 e. The molecule has 2 aliphatic heterocycles. The molecule has 0 fully saturated rings. The predicted molar refractivity (Wildman–Crippen MR) is 318 cm³/mol. The summed E-state index contributed by atoms with van der Waals surface area (Å²) < 4.78 is 2.13. The Morgan fingerprint density at radius 2 is 0.784 bits per heavy atom. The summed E-state index contributed by atoms with van der Waals surface area (Å²) in [4.78, 5) is 7.43. The van der Waals surface area contributed by atoms with Gasteiger partial charge in [0, 0.05) is 29.5 Å². The van der Waals surface area contributed by atoms with Gasteiger partial charge < -0.3 is 9.80 Å². The highest BCUT2D eigenvalue weighted by Crippen LogP contribution is 2.65. The summed E-state index contributed by atoms with van der Waals surface area (Å²) in [5.41, 5.74) is 21.2. The maximum Gasteiger partial charge on any atom is 0.0754 e. The topological polar surface area (TPSA) is 6.48 Å². The summed E-state index contributed by atoms with van der Waals surface area (Å²) >= 11 is 10.0. The van der Waals surface area contributed by atoms with E-state index in [0.29, 0.717) is 0 Å². The van der Waals surface area contributed by atoms with E-state index < -0.39 is 5.41 Å². The van der Waals surface area contributed by atoms with Crippen LogP contribution in [0.1, 0.15) is 22.3 Å². The van der Waals surface area contributed by atoms with E-state index in [1.54, 1.807) is 0 Å². The van der Waals surface area contributed by atoms with Crippen LogP contribution in [-0.2, 0) is 5.41 Å². The molecule has 0 saturated heterocycles. The number of nitrogens with zero attached hydrogens (tertiary/aromatic N) is 2. The van der Waals surface area contributed by atoms with Crippen LogP contribution in [0.25, 0.3) is 66.1 Å². The second kappa shape index (κ2) is 17.1. The third-order valence-corrected chi connectivity index (χ3v) is 18.0. The average molecular weight is 1090 g/mol. The normalized spacial score (nSPS) is 13.5. The van der Waals surface area contributed by atoms with Gasteiger partial charge in [0.05, 0.1) is 39.5 Å². The first kappa shape index (κ1) is 43.6. The van der Waals surface area contributed by atoms with Gasteiger partial charge >= 0.3 is 0 Å². The zero-order valence-electron chi connectivity index (χ0n) is 39.8. The van der Waals surface area contributed by atoms with Crippen LogP contribution in [0, 0.1) is 0 Å². The van der Waals surface area contributed by atoms with Crippen molar-refractivity contribution in [1.29, 1.82) is 0 Å². The summed E-state index contributed by atoms with van der Waals surface area (Å²) in [6.45, 7) is 0. The van der Waals surface area contributed by atoms with Crippen LogP contribution < -0.4 is 9.80 Å². The Balaban J connectivity index is 0.951. The molecule has 348 valence electrons.